The van der Waals surface area contributed by atoms with Crippen LogP contribution in [0.3, 0.4) is 0 Å². The number of aryl methyl sites for hydroxylation is 1. The van der Waals surface area contributed by atoms with E-state index in [4.69, 9.17) is 10.3 Å². The monoisotopic (exact) mass is 342 g/mol. The number of nitrogens with two attached hydrogens (primary N) is 1. The van der Waals surface area contributed by atoms with Gasteiger partial charge in [0.1, 0.15) is 0 Å². The van der Waals surface area contributed by atoms with Crippen LogP contribution in [0.25, 0.3) is 0 Å². The lowest BCUT2D eigenvalue weighted by Crippen LogP contribution is -2.55. The molecule has 6 nitrogen and oxygen atoms in total. The molecule has 1 aliphatic carbocycles. The average Bonchev–Trinajstić information content (AvgIpc) is 2.93. The number of amides is 1. The second kappa shape index (κ2) is 7.18. The number of carbonyl (C=O) groups is 1. The number of nitrogens with zero attached hydrogens (tertiary/aromatic N) is 3. The predicted octanol–water partition coefficient (Wildman–Crippen LogP) is 2.41. The van der Waals surface area contributed by atoms with E-state index in [0.717, 1.165) is 45.1 Å². The number of hydrogen-bond acceptors (Lipinski definition) is 5. The van der Waals surface area contributed by atoms with Gasteiger partial charge in [0.25, 0.3) is 0 Å². The van der Waals surface area contributed by atoms with E-state index in [1.807, 2.05) is 18.7 Å². The fourth-order valence-corrected chi connectivity index (χ4v) is 3.84. The second-order valence-corrected chi connectivity index (χ2v) is 7.11. The molecule has 0 bridgehead atoms. The van der Waals surface area contributed by atoms with Gasteiger partial charge in [0.2, 0.25) is 11.8 Å². The van der Waals surface area contributed by atoms with Crippen LogP contribution in [0.15, 0.2) is 4.52 Å². The number of halogens is 1. The van der Waals surface area contributed by atoms with Crippen molar-refractivity contribution in [3.63, 3.8) is 0 Å². The molecule has 0 spiro atoms. The minimum Gasteiger partial charge on any atom is -0.342 e. The maximum atomic E-state index is 12.9. The maximum Gasteiger partial charge on any atom is 0.231 e. The summed E-state index contributed by atoms with van der Waals surface area (Å²) in [6, 6.07) is 0. The molecule has 0 aromatic carbocycles. The van der Waals surface area contributed by atoms with Gasteiger partial charge in [-0.1, -0.05) is 18.0 Å². The van der Waals surface area contributed by atoms with Crippen molar-refractivity contribution in [1.82, 2.24) is 15.0 Å². The molecular weight excluding hydrogens is 316 g/mol. The fraction of sp³-hybridized carbons (Fsp3) is 0.812. The minimum atomic E-state index is -0.372. The molecule has 2 fully saturated rings. The van der Waals surface area contributed by atoms with Crippen molar-refractivity contribution in [2.24, 2.45) is 11.7 Å². The van der Waals surface area contributed by atoms with E-state index in [9.17, 15) is 4.79 Å². The standard InChI is InChI=1S/C16H26N4O2.ClH/c1-11-18-14(22-19-11)12-6-5-9-20(10-12)15(21)13-7-3-4-8-16(13,2)17;/h12-13H,3-10,17H2,1-2H3;1H. The summed E-state index contributed by atoms with van der Waals surface area (Å²) in [5.41, 5.74) is 6.02. The first-order chi connectivity index (χ1) is 10.5. The largest absolute Gasteiger partial charge is 0.342 e. The van der Waals surface area contributed by atoms with Crippen LogP contribution in [0.4, 0.5) is 0 Å². The molecular formula is C16H27ClN4O2. The van der Waals surface area contributed by atoms with Crippen LogP contribution >= 0.6 is 12.4 Å². The third kappa shape index (κ3) is 3.86. The highest BCUT2D eigenvalue weighted by atomic mass is 35.5. The Kier molecular flexibility index (Phi) is 5.68. The summed E-state index contributed by atoms with van der Waals surface area (Å²) in [6.07, 6.45) is 6.04. The summed E-state index contributed by atoms with van der Waals surface area (Å²) >= 11 is 0. The number of hydrogen-bond donors (Lipinski definition) is 1. The number of carbonyl (C=O) groups excluding carboxylic acids is 1. The van der Waals surface area contributed by atoms with Gasteiger partial charge in [-0.3, -0.25) is 4.79 Å². The summed E-state index contributed by atoms with van der Waals surface area (Å²) in [5.74, 6) is 1.64. The topological polar surface area (TPSA) is 85.2 Å². The van der Waals surface area contributed by atoms with E-state index in [2.05, 4.69) is 10.1 Å². The van der Waals surface area contributed by atoms with Gasteiger partial charge in [0.15, 0.2) is 5.82 Å². The molecule has 1 saturated heterocycles. The van der Waals surface area contributed by atoms with E-state index in [1.54, 1.807) is 0 Å². The number of likely N-dealkylation sites (tertiary alicyclic amines) is 1. The Morgan fingerprint density at radius 3 is 2.78 bits per heavy atom. The van der Waals surface area contributed by atoms with Gasteiger partial charge in [-0.25, -0.2) is 0 Å². The van der Waals surface area contributed by atoms with Gasteiger partial charge in [0, 0.05) is 18.6 Å². The van der Waals surface area contributed by atoms with Crippen molar-refractivity contribution in [1.29, 1.82) is 0 Å². The Labute approximate surface area is 143 Å². The Balaban J connectivity index is 0.00000192. The van der Waals surface area contributed by atoms with Crippen molar-refractivity contribution >= 4 is 18.3 Å². The molecule has 1 saturated carbocycles. The van der Waals surface area contributed by atoms with E-state index in [-0.39, 0.29) is 35.7 Å². The van der Waals surface area contributed by atoms with Crippen molar-refractivity contribution < 1.29 is 9.32 Å². The summed E-state index contributed by atoms with van der Waals surface area (Å²) in [7, 11) is 0. The van der Waals surface area contributed by atoms with Gasteiger partial charge >= 0.3 is 0 Å². The predicted molar refractivity (Wildman–Crippen MR) is 89.4 cm³/mol. The Morgan fingerprint density at radius 1 is 1.35 bits per heavy atom. The maximum absolute atomic E-state index is 12.9. The lowest BCUT2D eigenvalue weighted by molar-refractivity contribution is -0.140. The Morgan fingerprint density at radius 2 is 2.13 bits per heavy atom. The second-order valence-electron chi connectivity index (χ2n) is 7.11. The number of aromatic nitrogens is 2. The molecule has 23 heavy (non-hydrogen) atoms. The first kappa shape index (κ1) is 18.2. The van der Waals surface area contributed by atoms with Crippen LogP contribution < -0.4 is 5.73 Å². The zero-order valence-corrected chi connectivity index (χ0v) is 14.8. The molecule has 0 radical (unpaired) electrons. The van der Waals surface area contributed by atoms with Crippen LogP contribution in [-0.2, 0) is 4.79 Å². The van der Waals surface area contributed by atoms with E-state index in [0.29, 0.717) is 18.3 Å². The molecule has 1 aromatic rings. The zero-order chi connectivity index (χ0) is 15.7. The smallest absolute Gasteiger partial charge is 0.231 e. The Bertz CT molecular complexity index is 546. The van der Waals surface area contributed by atoms with Crippen LogP contribution in [0, 0.1) is 12.8 Å². The summed E-state index contributed by atoms with van der Waals surface area (Å²) in [4.78, 5) is 19.2. The van der Waals surface area contributed by atoms with Crippen molar-refractivity contribution in [3.8, 4) is 0 Å². The molecule has 130 valence electrons. The van der Waals surface area contributed by atoms with Crippen molar-refractivity contribution in [2.75, 3.05) is 13.1 Å². The molecule has 2 aliphatic rings. The highest BCUT2D eigenvalue weighted by Gasteiger charge is 2.41. The lowest BCUT2D eigenvalue weighted by atomic mass is 9.73. The molecule has 3 atom stereocenters. The average molecular weight is 343 g/mol. The SMILES string of the molecule is Cc1noc(C2CCCN(C(=O)C3CCCCC3(C)N)C2)n1.Cl. The molecule has 1 amide bonds. The summed E-state index contributed by atoms with van der Waals surface area (Å²) < 4.78 is 5.29. The Hall–Kier alpha value is -1.14. The van der Waals surface area contributed by atoms with Gasteiger partial charge in [-0.15, -0.1) is 12.4 Å². The fourth-order valence-electron chi connectivity index (χ4n) is 3.84. The number of rotatable bonds is 2. The lowest BCUT2D eigenvalue weighted by Gasteiger charge is -2.41. The van der Waals surface area contributed by atoms with Crippen molar-refractivity contribution in [2.45, 2.75) is 63.8 Å². The highest BCUT2D eigenvalue weighted by molar-refractivity contribution is 5.85. The van der Waals surface area contributed by atoms with E-state index >= 15 is 0 Å². The normalized spacial score (nSPS) is 31.5. The number of piperidine rings is 1. The molecule has 3 rings (SSSR count). The molecule has 1 aromatic heterocycles. The third-order valence-corrected chi connectivity index (χ3v) is 5.18. The first-order valence-electron chi connectivity index (χ1n) is 8.35. The van der Waals surface area contributed by atoms with Gasteiger partial charge in [-0.05, 0) is 39.5 Å². The summed E-state index contributed by atoms with van der Waals surface area (Å²) in [6.45, 7) is 5.33. The highest BCUT2D eigenvalue weighted by Crippen LogP contribution is 2.35. The quantitative estimate of drug-likeness (QED) is 0.892. The third-order valence-electron chi connectivity index (χ3n) is 5.18. The van der Waals surface area contributed by atoms with Gasteiger partial charge < -0.3 is 15.2 Å². The van der Waals surface area contributed by atoms with E-state index < -0.39 is 0 Å². The van der Waals surface area contributed by atoms with E-state index in [1.165, 1.54) is 0 Å². The van der Waals surface area contributed by atoms with Crippen molar-refractivity contribution in [3.05, 3.63) is 11.7 Å². The van der Waals surface area contributed by atoms with Crippen LogP contribution in [0.1, 0.15) is 63.1 Å². The molecule has 1 aliphatic heterocycles. The van der Waals surface area contributed by atoms with Crippen LogP contribution in [0.5, 0.6) is 0 Å². The first-order valence-corrected chi connectivity index (χ1v) is 8.35. The molecule has 2 N–H and O–H groups in total. The van der Waals surface area contributed by atoms with Crippen LogP contribution in [-0.4, -0.2) is 39.6 Å². The summed E-state index contributed by atoms with van der Waals surface area (Å²) in [5, 5.41) is 3.87. The zero-order valence-electron chi connectivity index (χ0n) is 14.0. The molecule has 3 unspecified atom stereocenters. The van der Waals surface area contributed by atoms with Gasteiger partial charge in [0.05, 0.1) is 11.8 Å². The minimum absolute atomic E-state index is 0. The molecule has 7 heteroatoms. The van der Waals surface area contributed by atoms with Crippen LogP contribution in [0.2, 0.25) is 0 Å². The molecule has 2 heterocycles. The van der Waals surface area contributed by atoms with Gasteiger partial charge in [-0.2, -0.15) is 4.98 Å².